The van der Waals surface area contributed by atoms with Gasteiger partial charge in [-0.1, -0.05) is 11.8 Å². The zero-order valence-corrected chi connectivity index (χ0v) is 13.3. The summed E-state index contributed by atoms with van der Waals surface area (Å²) in [7, 11) is 0. The van der Waals surface area contributed by atoms with Crippen LogP contribution in [-0.4, -0.2) is 45.8 Å². The summed E-state index contributed by atoms with van der Waals surface area (Å²) in [5, 5.41) is 19.7. The van der Waals surface area contributed by atoms with Crippen LogP contribution in [0.2, 0.25) is 0 Å². The van der Waals surface area contributed by atoms with Crippen molar-refractivity contribution in [3.63, 3.8) is 0 Å². The molecule has 1 aromatic carbocycles. The van der Waals surface area contributed by atoms with Crippen LogP contribution >= 0.6 is 0 Å². The molecule has 1 heterocycles. The van der Waals surface area contributed by atoms with Gasteiger partial charge in [-0.15, -0.1) is 0 Å². The lowest BCUT2D eigenvalue weighted by atomic mass is 10.0. The third kappa shape index (κ3) is 3.93. The third-order valence-electron chi connectivity index (χ3n) is 4.75. The Labute approximate surface area is 137 Å². The molecule has 1 amide bonds. The van der Waals surface area contributed by atoms with Crippen molar-refractivity contribution in [1.29, 1.82) is 0 Å². The summed E-state index contributed by atoms with van der Waals surface area (Å²) in [5.74, 6) is 6.00. The summed E-state index contributed by atoms with van der Waals surface area (Å²) in [5.41, 5.74) is 0.630. The predicted molar refractivity (Wildman–Crippen MR) is 87.9 cm³/mol. The maximum atomic E-state index is 12.4. The van der Waals surface area contributed by atoms with E-state index in [2.05, 4.69) is 11.8 Å². The smallest absolute Gasteiger partial charge is 0.253 e. The highest BCUT2D eigenvalue weighted by molar-refractivity contribution is 5.94. The van der Waals surface area contributed by atoms with Crippen molar-refractivity contribution in [2.45, 2.75) is 50.2 Å². The first kappa shape index (κ1) is 16.0. The van der Waals surface area contributed by atoms with Crippen molar-refractivity contribution in [2.24, 2.45) is 0 Å². The minimum atomic E-state index is -0.830. The van der Waals surface area contributed by atoms with E-state index in [9.17, 15) is 15.0 Å². The normalized spacial score (nSPS) is 20.9. The molecule has 1 aliphatic carbocycles. The van der Waals surface area contributed by atoms with Gasteiger partial charge in [0.15, 0.2) is 0 Å². The number of nitrogens with zero attached hydrogens (tertiary/aromatic N) is 1. The number of rotatable bonds is 1. The molecule has 0 aromatic heterocycles. The van der Waals surface area contributed by atoms with Crippen molar-refractivity contribution in [1.82, 2.24) is 4.90 Å². The van der Waals surface area contributed by atoms with E-state index < -0.39 is 5.60 Å². The van der Waals surface area contributed by atoms with Gasteiger partial charge in [0.2, 0.25) is 0 Å². The van der Waals surface area contributed by atoms with E-state index in [1.807, 2.05) is 12.1 Å². The maximum Gasteiger partial charge on any atom is 0.253 e. The Morgan fingerprint density at radius 2 is 1.74 bits per heavy atom. The van der Waals surface area contributed by atoms with E-state index >= 15 is 0 Å². The molecule has 2 fully saturated rings. The number of aliphatic hydroxyl groups excluding tert-OH is 1. The molecule has 2 N–H and O–H groups in total. The predicted octanol–water partition coefficient (Wildman–Crippen LogP) is 1.94. The Balaban J connectivity index is 1.65. The fourth-order valence-corrected chi connectivity index (χ4v) is 3.22. The van der Waals surface area contributed by atoms with E-state index in [1.165, 1.54) is 0 Å². The third-order valence-corrected chi connectivity index (χ3v) is 4.75. The molecular formula is C19H23NO3. The Morgan fingerprint density at radius 3 is 2.35 bits per heavy atom. The van der Waals surface area contributed by atoms with Gasteiger partial charge >= 0.3 is 0 Å². The van der Waals surface area contributed by atoms with Crippen molar-refractivity contribution >= 4 is 5.91 Å². The van der Waals surface area contributed by atoms with Gasteiger partial charge in [0.05, 0.1) is 6.10 Å². The number of amides is 1. The molecule has 0 unspecified atom stereocenters. The molecule has 0 spiro atoms. The van der Waals surface area contributed by atoms with Gasteiger partial charge in [0, 0.05) is 24.2 Å². The topological polar surface area (TPSA) is 60.8 Å². The molecule has 2 aliphatic rings. The van der Waals surface area contributed by atoms with E-state index in [0.29, 0.717) is 31.5 Å². The van der Waals surface area contributed by atoms with Crippen molar-refractivity contribution in [2.75, 3.05) is 13.1 Å². The molecule has 0 bridgehead atoms. The number of hydrogen-bond donors (Lipinski definition) is 2. The molecule has 1 saturated heterocycles. The van der Waals surface area contributed by atoms with E-state index in [1.54, 1.807) is 17.0 Å². The van der Waals surface area contributed by atoms with Crippen LogP contribution in [0.25, 0.3) is 0 Å². The van der Waals surface area contributed by atoms with Crippen LogP contribution < -0.4 is 0 Å². The number of benzene rings is 1. The second-order valence-corrected chi connectivity index (χ2v) is 6.59. The Morgan fingerprint density at radius 1 is 1.13 bits per heavy atom. The van der Waals surface area contributed by atoms with Crippen LogP contribution in [0.5, 0.6) is 0 Å². The van der Waals surface area contributed by atoms with Gasteiger partial charge < -0.3 is 15.1 Å². The van der Waals surface area contributed by atoms with Crippen LogP contribution in [0.15, 0.2) is 24.3 Å². The SMILES string of the molecule is O=C(c1ccc(C#CC2(O)CCCC2)cc1)N1CCC(O)CC1. The number of likely N-dealkylation sites (tertiary alicyclic amines) is 1. The molecule has 0 radical (unpaired) electrons. The van der Waals surface area contributed by atoms with Crippen LogP contribution in [0.1, 0.15) is 54.4 Å². The van der Waals surface area contributed by atoms with Crippen LogP contribution in [0.3, 0.4) is 0 Å². The number of carbonyl (C=O) groups is 1. The fourth-order valence-electron chi connectivity index (χ4n) is 3.22. The lowest BCUT2D eigenvalue weighted by molar-refractivity contribution is 0.0546. The lowest BCUT2D eigenvalue weighted by Gasteiger charge is -2.29. The van der Waals surface area contributed by atoms with Crippen LogP contribution in [-0.2, 0) is 0 Å². The fraction of sp³-hybridized carbons (Fsp3) is 0.526. The van der Waals surface area contributed by atoms with Gasteiger partial charge in [-0.2, -0.15) is 0 Å². The number of carbonyl (C=O) groups excluding carboxylic acids is 1. The minimum Gasteiger partial charge on any atom is -0.393 e. The number of piperidine rings is 1. The molecule has 0 atom stereocenters. The molecule has 1 saturated carbocycles. The maximum absolute atomic E-state index is 12.4. The zero-order valence-electron chi connectivity index (χ0n) is 13.3. The van der Waals surface area contributed by atoms with Crippen molar-refractivity contribution in [3.8, 4) is 11.8 Å². The average Bonchev–Trinajstić information content (AvgIpc) is 3.01. The summed E-state index contributed by atoms with van der Waals surface area (Å²) in [6.45, 7) is 1.21. The van der Waals surface area contributed by atoms with E-state index in [4.69, 9.17) is 0 Å². The monoisotopic (exact) mass is 313 g/mol. The second kappa shape index (κ2) is 6.74. The Bertz CT molecular complexity index is 612. The molecule has 122 valence electrons. The first-order valence-corrected chi connectivity index (χ1v) is 8.39. The number of aliphatic hydroxyl groups is 2. The summed E-state index contributed by atoms with van der Waals surface area (Å²) >= 11 is 0. The molecule has 4 nitrogen and oxygen atoms in total. The van der Waals surface area contributed by atoms with E-state index in [-0.39, 0.29) is 12.0 Å². The van der Waals surface area contributed by atoms with Gasteiger partial charge in [-0.3, -0.25) is 4.79 Å². The van der Waals surface area contributed by atoms with Crippen molar-refractivity contribution < 1.29 is 15.0 Å². The lowest BCUT2D eigenvalue weighted by Crippen LogP contribution is -2.40. The second-order valence-electron chi connectivity index (χ2n) is 6.59. The quantitative estimate of drug-likeness (QED) is 0.779. The first-order chi connectivity index (χ1) is 11.1. The van der Waals surface area contributed by atoms with Gasteiger partial charge in [0.1, 0.15) is 5.60 Å². The molecule has 23 heavy (non-hydrogen) atoms. The summed E-state index contributed by atoms with van der Waals surface area (Å²) in [6.07, 6.45) is 4.57. The molecule has 1 aromatic rings. The molecule has 3 rings (SSSR count). The van der Waals surface area contributed by atoms with Gasteiger partial charge in [0.25, 0.3) is 5.91 Å². The van der Waals surface area contributed by atoms with Crippen LogP contribution in [0.4, 0.5) is 0 Å². The molecular weight excluding hydrogens is 290 g/mol. The average molecular weight is 313 g/mol. The van der Waals surface area contributed by atoms with Gasteiger partial charge in [-0.05, 0) is 62.8 Å². The molecule has 4 heteroatoms. The van der Waals surface area contributed by atoms with E-state index in [0.717, 1.165) is 31.2 Å². The Hall–Kier alpha value is -1.83. The zero-order chi connectivity index (χ0) is 16.3. The highest BCUT2D eigenvalue weighted by Crippen LogP contribution is 2.28. The molecule has 1 aliphatic heterocycles. The van der Waals surface area contributed by atoms with Gasteiger partial charge in [-0.25, -0.2) is 0 Å². The standard InChI is InChI=1S/C19H23NO3/c21-17-8-13-20(14-9-17)18(22)16-5-3-15(4-6-16)7-12-19(23)10-1-2-11-19/h3-6,17,21,23H,1-2,8-11,13-14H2. The largest absolute Gasteiger partial charge is 0.393 e. The minimum absolute atomic E-state index is 0.00540. The number of hydrogen-bond acceptors (Lipinski definition) is 3. The summed E-state index contributed by atoms with van der Waals surface area (Å²) in [6, 6.07) is 7.24. The summed E-state index contributed by atoms with van der Waals surface area (Å²) < 4.78 is 0. The Kier molecular flexibility index (Phi) is 4.70. The first-order valence-electron chi connectivity index (χ1n) is 8.39. The summed E-state index contributed by atoms with van der Waals surface area (Å²) in [4.78, 5) is 14.2. The van der Waals surface area contributed by atoms with Crippen molar-refractivity contribution in [3.05, 3.63) is 35.4 Å². The van der Waals surface area contributed by atoms with Crippen LogP contribution in [0, 0.1) is 11.8 Å². The highest BCUT2D eigenvalue weighted by atomic mass is 16.3. The highest BCUT2D eigenvalue weighted by Gasteiger charge is 2.28.